The molecule has 0 atom stereocenters. The van der Waals surface area contributed by atoms with Crippen LogP contribution in [0.25, 0.3) is 0 Å². The van der Waals surface area contributed by atoms with E-state index in [1.165, 1.54) is 0 Å². The van der Waals surface area contributed by atoms with Crippen molar-refractivity contribution < 1.29 is 9.90 Å². The van der Waals surface area contributed by atoms with Crippen molar-refractivity contribution in [1.82, 2.24) is 0 Å². The topological polar surface area (TPSA) is 40.5 Å². The lowest BCUT2D eigenvalue weighted by atomic mass is 10.2. The van der Waals surface area contributed by atoms with Crippen LogP contribution < -0.4 is 4.90 Å². The van der Waals surface area contributed by atoms with Crippen molar-refractivity contribution in [2.24, 2.45) is 0 Å². The Hall–Kier alpha value is -1.16. The minimum Gasteiger partial charge on any atom is -0.481 e. The molecule has 1 rings (SSSR count). The van der Waals surface area contributed by atoms with Crippen LogP contribution in [0.2, 0.25) is 0 Å². The summed E-state index contributed by atoms with van der Waals surface area (Å²) in [5, 5.41) is 8.70. The average Bonchev–Trinajstić information content (AvgIpc) is 2.30. The summed E-state index contributed by atoms with van der Waals surface area (Å²) in [6, 6.07) is 9.95. The van der Waals surface area contributed by atoms with Gasteiger partial charge in [0, 0.05) is 24.5 Å². The number of carbonyl (C=O) groups is 1. The van der Waals surface area contributed by atoms with E-state index in [0.717, 1.165) is 18.0 Å². The molecular weight excluding hydrogens is 222 g/mol. The van der Waals surface area contributed by atoms with E-state index in [1.807, 2.05) is 30.3 Å². The van der Waals surface area contributed by atoms with E-state index in [4.69, 9.17) is 5.11 Å². The summed E-state index contributed by atoms with van der Waals surface area (Å²) in [6.07, 6.45) is 2.24. The molecular formula is C12H17NO2S. The zero-order chi connectivity index (χ0) is 11.8. The van der Waals surface area contributed by atoms with Gasteiger partial charge in [-0.15, -0.1) is 0 Å². The quantitative estimate of drug-likeness (QED) is 0.793. The molecule has 4 heteroatoms. The van der Waals surface area contributed by atoms with Crippen LogP contribution in [0.4, 0.5) is 5.69 Å². The van der Waals surface area contributed by atoms with Gasteiger partial charge in [0.2, 0.25) is 0 Å². The highest BCUT2D eigenvalue weighted by atomic mass is 32.2. The van der Waals surface area contributed by atoms with Crippen molar-refractivity contribution in [3.63, 3.8) is 0 Å². The van der Waals surface area contributed by atoms with Crippen LogP contribution in [0.5, 0.6) is 0 Å². The fourth-order valence-corrected chi connectivity index (χ4v) is 1.84. The van der Waals surface area contributed by atoms with Crippen molar-refractivity contribution in [3.05, 3.63) is 30.3 Å². The number of nitrogens with zero attached hydrogens (tertiary/aromatic N) is 1. The molecule has 0 spiro atoms. The summed E-state index contributed by atoms with van der Waals surface area (Å²) >= 11 is 1.77. The van der Waals surface area contributed by atoms with Crippen LogP contribution >= 0.6 is 11.8 Å². The summed E-state index contributed by atoms with van der Waals surface area (Å²) in [5.74, 6) is 0.263. The molecule has 0 saturated carbocycles. The Morgan fingerprint density at radius 1 is 1.31 bits per heavy atom. The lowest BCUT2D eigenvalue weighted by Crippen LogP contribution is -2.28. The molecule has 0 aliphatic carbocycles. The molecule has 0 fully saturated rings. The van der Waals surface area contributed by atoms with Gasteiger partial charge >= 0.3 is 5.97 Å². The van der Waals surface area contributed by atoms with E-state index in [2.05, 4.69) is 11.2 Å². The van der Waals surface area contributed by atoms with Crippen molar-refractivity contribution >= 4 is 23.4 Å². The summed E-state index contributed by atoms with van der Waals surface area (Å²) in [6.45, 7) is 1.46. The van der Waals surface area contributed by atoms with Crippen LogP contribution in [0.15, 0.2) is 30.3 Å². The molecule has 0 heterocycles. The maximum absolute atomic E-state index is 10.6. The second kappa shape index (κ2) is 7.17. The Labute approximate surface area is 100 Å². The molecule has 1 aromatic rings. The van der Waals surface area contributed by atoms with E-state index in [9.17, 15) is 4.79 Å². The number of anilines is 1. The third-order valence-corrected chi connectivity index (χ3v) is 2.87. The van der Waals surface area contributed by atoms with E-state index >= 15 is 0 Å². The Kier molecular flexibility index (Phi) is 5.78. The second-order valence-corrected chi connectivity index (χ2v) is 4.44. The second-order valence-electron chi connectivity index (χ2n) is 3.46. The molecule has 1 N–H and O–H groups in total. The van der Waals surface area contributed by atoms with Crippen LogP contribution in [0.1, 0.15) is 6.42 Å². The maximum atomic E-state index is 10.6. The first-order valence-corrected chi connectivity index (χ1v) is 6.64. The Morgan fingerprint density at radius 3 is 2.56 bits per heavy atom. The number of hydrogen-bond acceptors (Lipinski definition) is 3. The van der Waals surface area contributed by atoms with Gasteiger partial charge in [-0.25, -0.2) is 0 Å². The average molecular weight is 239 g/mol. The van der Waals surface area contributed by atoms with Gasteiger partial charge in [-0.1, -0.05) is 18.2 Å². The van der Waals surface area contributed by atoms with Crippen LogP contribution in [-0.2, 0) is 4.79 Å². The van der Waals surface area contributed by atoms with Crippen LogP contribution in [0.3, 0.4) is 0 Å². The number of carboxylic acid groups (broad SMARTS) is 1. The van der Waals surface area contributed by atoms with Crippen molar-refractivity contribution in [1.29, 1.82) is 0 Å². The molecule has 0 aliphatic rings. The van der Waals surface area contributed by atoms with Crippen LogP contribution in [0, 0.1) is 0 Å². The fraction of sp³-hybridized carbons (Fsp3) is 0.417. The van der Waals surface area contributed by atoms with Gasteiger partial charge in [0.1, 0.15) is 0 Å². The number of rotatable bonds is 7. The summed E-state index contributed by atoms with van der Waals surface area (Å²) < 4.78 is 0. The van der Waals surface area contributed by atoms with Gasteiger partial charge in [-0.05, 0) is 18.4 Å². The Morgan fingerprint density at radius 2 is 2.00 bits per heavy atom. The molecule has 0 unspecified atom stereocenters. The predicted molar refractivity (Wildman–Crippen MR) is 69.3 cm³/mol. The Balaban J connectivity index is 2.59. The third-order valence-electron chi connectivity index (χ3n) is 2.28. The molecule has 0 aromatic heterocycles. The van der Waals surface area contributed by atoms with Gasteiger partial charge in [0.05, 0.1) is 6.42 Å². The number of carboxylic acids is 1. The first-order chi connectivity index (χ1) is 7.74. The van der Waals surface area contributed by atoms with E-state index < -0.39 is 5.97 Å². The summed E-state index contributed by atoms with van der Waals surface area (Å²) in [5.41, 5.74) is 1.10. The summed E-state index contributed by atoms with van der Waals surface area (Å²) in [4.78, 5) is 12.7. The van der Waals surface area contributed by atoms with Gasteiger partial charge in [-0.2, -0.15) is 11.8 Å². The first kappa shape index (κ1) is 12.9. The minimum absolute atomic E-state index is 0.184. The largest absolute Gasteiger partial charge is 0.481 e. The van der Waals surface area contributed by atoms with E-state index in [1.54, 1.807) is 11.8 Å². The number of benzene rings is 1. The van der Waals surface area contributed by atoms with Gasteiger partial charge in [-0.3, -0.25) is 4.79 Å². The molecule has 0 saturated heterocycles. The normalized spacial score (nSPS) is 10.1. The highest BCUT2D eigenvalue weighted by Gasteiger charge is 2.07. The minimum atomic E-state index is -0.745. The SMILES string of the molecule is CSCCN(CCC(=O)O)c1ccccc1. The zero-order valence-corrected chi connectivity index (χ0v) is 10.2. The lowest BCUT2D eigenvalue weighted by molar-refractivity contribution is -0.136. The molecule has 0 amide bonds. The smallest absolute Gasteiger partial charge is 0.305 e. The fourth-order valence-electron chi connectivity index (χ4n) is 1.44. The lowest BCUT2D eigenvalue weighted by Gasteiger charge is -2.23. The van der Waals surface area contributed by atoms with Gasteiger partial charge < -0.3 is 10.0 Å². The molecule has 88 valence electrons. The van der Waals surface area contributed by atoms with Crippen molar-refractivity contribution in [2.75, 3.05) is 30.0 Å². The van der Waals surface area contributed by atoms with Crippen LogP contribution in [-0.4, -0.2) is 36.2 Å². The van der Waals surface area contributed by atoms with E-state index in [0.29, 0.717) is 6.54 Å². The highest BCUT2D eigenvalue weighted by Crippen LogP contribution is 2.14. The molecule has 0 aliphatic heterocycles. The third kappa shape index (κ3) is 4.57. The van der Waals surface area contributed by atoms with Gasteiger partial charge in [0.25, 0.3) is 0 Å². The highest BCUT2D eigenvalue weighted by molar-refractivity contribution is 7.98. The Bertz CT molecular complexity index is 316. The standard InChI is InChI=1S/C12H17NO2S/c1-16-10-9-13(8-7-12(14)15)11-5-3-2-4-6-11/h2-6H,7-10H2,1H3,(H,14,15). The van der Waals surface area contributed by atoms with Gasteiger partial charge in [0.15, 0.2) is 0 Å². The number of thioether (sulfide) groups is 1. The monoisotopic (exact) mass is 239 g/mol. The number of hydrogen-bond donors (Lipinski definition) is 1. The first-order valence-electron chi connectivity index (χ1n) is 5.24. The molecule has 0 radical (unpaired) electrons. The van der Waals surface area contributed by atoms with Crippen molar-refractivity contribution in [2.45, 2.75) is 6.42 Å². The summed E-state index contributed by atoms with van der Waals surface area (Å²) in [7, 11) is 0. The maximum Gasteiger partial charge on any atom is 0.305 e. The zero-order valence-electron chi connectivity index (χ0n) is 9.43. The molecule has 1 aromatic carbocycles. The molecule has 3 nitrogen and oxygen atoms in total. The van der Waals surface area contributed by atoms with Crippen molar-refractivity contribution in [3.8, 4) is 0 Å². The molecule has 0 bridgehead atoms. The predicted octanol–water partition coefficient (Wildman–Crippen LogP) is 2.33. The molecule has 16 heavy (non-hydrogen) atoms. The number of para-hydroxylation sites is 1. The number of aliphatic carboxylic acids is 1. The van der Waals surface area contributed by atoms with E-state index in [-0.39, 0.29) is 6.42 Å².